The Hall–Kier alpha value is -1.53. The van der Waals surface area contributed by atoms with Crippen LogP contribution in [0.1, 0.15) is 39.9 Å². The predicted molar refractivity (Wildman–Crippen MR) is 114 cm³/mol. The summed E-state index contributed by atoms with van der Waals surface area (Å²) in [5.41, 5.74) is 5.74. The van der Waals surface area contributed by atoms with Gasteiger partial charge in [0.15, 0.2) is 0 Å². The van der Waals surface area contributed by atoms with E-state index in [9.17, 15) is 14.0 Å². The summed E-state index contributed by atoms with van der Waals surface area (Å²) in [6.07, 6.45) is 0. The van der Waals surface area contributed by atoms with Gasteiger partial charge in [-0.1, -0.05) is 52.5 Å². The van der Waals surface area contributed by atoms with E-state index in [1.54, 1.807) is 13.8 Å². The molecule has 154 valence electrons. The Kier molecular flexibility index (Phi) is 5.82. The molecule has 3 N–H and O–H groups in total. The third-order valence-electron chi connectivity index (χ3n) is 5.29. The van der Waals surface area contributed by atoms with Crippen molar-refractivity contribution < 1.29 is 14.0 Å². The molecule has 0 aliphatic heterocycles. The van der Waals surface area contributed by atoms with Crippen molar-refractivity contribution in [1.29, 1.82) is 0 Å². The van der Waals surface area contributed by atoms with Gasteiger partial charge in [0.1, 0.15) is 15.6 Å². The smallest absolute Gasteiger partial charge is 0.251 e. The topological polar surface area (TPSA) is 72.2 Å². The average molecular weight is 478 g/mol. The summed E-state index contributed by atoms with van der Waals surface area (Å²) in [6, 6.07) is 6.99. The molecular formula is C20H17Cl4FN2O2. The SMILES string of the molecule is CCNC(=O)c1cc(C2(C(N)=O)C(c3ccc(F)c(Cl)c3)C2(Cl)Cl)cc(Cl)c1C. The van der Waals surface area contributed by atoms with E-state index in [0.717, 1.165) is 6.07 Å². The number of hydrogen-bond donors (Lipinski definition) is 2. The van der Waals surface area contributed by atoms with Crippen LogP contribution in [-0.2, 0) is 10.2 Å². The van der Waals surface area contributed by atoms with E-state index in [1.807, 2.05) is 0 Å². The Morgan fingerprint density at radius 3 is 2.38 bits per heavy atom. The van der Waals surface area contributed by atoms with Crippen LogP contribution >= 0.6 is 46.4 Å². The molecule has 29 heavy (non-hydrogen) atoms. The van der Waals surface area contributed by atoms with Gasteiger partial charge in [-0.25, -0.2) is 4.39 Å². The quantitative estimate of drug-likeness (QED) is 0.602. The van der Waals surface area contributed by atoms with E-state index in [0.29, 0.717) is 23.2 Å². The zero-order valence-electron chi connectivity index (χ0n) is 15.5. The molecule has 0 aromatic heterocycles. The van der Waals surface area contributed by atoms with E-state index in [-0.39, 0.29) is 21.5 Å². The van der Waals surface area contributed by atoms with Gasteiger partial charge in [-0.2, -0.15) is 0 Å². The fourth-order valence-electron chi connectivity index (χ4n) is 3.76. The molecule has 0 bridgehead atoms. The molecule has 0 radical (unpaired) electrons. The van der Waals surface area contributed by atoms with Gasteiger partial charge in [-0.05, 0) is 54.8 Å². The molecular weight excluding hydrogens is 461 g/mol. The van der Waals surface area contributed by atoms with Crippen molar-refractivity contribution in [3.05, 3.63) is 68.4 Å². The summed E-state index contributed by atoms with van der Waals surface area (Å²) >= 11 is 25.4. The molecule has 1 saturated carbocycles. The third-order valence-corrected chi connectivity index (χ3v) is 7.00. The van der Waals surface area contributed by atoms with Gasteiger partial charge in [0, 0.05) is 23.0 Å². The summed E-state index contributed by atoms with van der Waals surface area (Å²) in [5.74, 6) is -2.58. The maximum absolute atomic E-state index is 13.6. The monoisotopic (exact) mass is 476 g/mol. The van der Waals surface area contributed by atoms with Gasteiger partial charge in [0.25, 0.3) is 5.91 Å². The van der Waals surface area contributed by atoms with Gasteiger partial charge in [0.2, 0.25) is 5.91 Å². The van der Waals surface area contributed by atoms with Crippen LogP contribution in [0, 0.1) is 12.7 Å². The second kappa shape index (κ2) is 7.62. The number of benzene rings is 2. The predicted octanol–water partition coefficient (Wildman–Crippen LogP) is 4.89. The summed E-state index contributed by atoms with van der Waals surface area (Å²) < 4.78 is 12.0. The molecule has 0 heterocycles. The van der Waals surface area contributed by atoms with Crippen molar-refractivity contribution in [2.24, 2.45) is 5.73 Å². The minimum atomic E-state index is -1.64. The molecule has 9 heteroatoms. The first kappa shape index (κ1) is 22.2. The van der Waals surface area contributed by atoms with Gasteiger partial charge in [-0.3, -0.25) is 9.59 Å². The number of amides is 2. The number of rotatable bonds is 5. The molecule has 2 atom stereocenters. The normalized spacial score (nSPS) is 22.2. The zero-order valence-corrected chi connectivity index (χ0v) is 18.5. The van der Waals surface area contributed by atoms with Crippen LogP contribution in [-0.4, -0.2) is 22.7 Å². The maximum Gasteiger partial charge on any atom is 0.251 e. The standard InChI is InChI=1S/C20H17Cl4FN2O2/c1-3-27-17(28)12-7-11(8-13(21)9(12)2)19(18(26)29)16(20(19,23)24)10-4-5-15(25)14(22)6-10/h4-8,16H,3H2,1-2H3,(H2,26,29)(H,27,28). The van der Waals surface area contributed by atoms with Crippen molar-refractivity contribution in [3.63, 3.8) is 0 Å². The highest BCUT2D eigenvalue weighted by molar-refractivity contribution is 6.55. The Morgan fingerprint density at radius 2 is 1.83 bits per heavy atom. The minimum absolute atomic E-state index is 0.137. The average Bonchev–Trinajstić information content (AvgIpc) is 3.17. The Morgan fingerprint density at radius 1 is 1.17 bits per heavy atom. The number of primary amides is 1. The van der Waals surface area contributed by atoms with E-state index in [2.05, 4.69) is 5.32 Å². The largest absolute Gasteiger partial charge is 0.369 e. The molecule has 2 aromatic carbocycles. The number of carbonyl (C=O) groups is 2. The van der Waals surface area contributed by atoms with Crippen molar-refractivity contribution >= 4 is 58.2 Å². The zero-order chi connectivity index (χ0) is 21.7. The highest BCUT2D eigenvalue weighted by Gasteiger charge is 2.80. The van der Waals surface area contributed by atoms with Gasteiger partial charge < -0.3 is 11.1 Å². The Labute approximate surface area is 187 Å². The molecule has 2 amide bonds. The Balaban J connectivity index is 2.21. The maximum atomic E-state index is 13.6. The lowest BCUT2D eigenvalue weighted by Gasteiger charge is -2.19. The molecule has 0 spiro atoms. The van der Waals surface area contributed by atoms with Gasteiger partial charge >= 0.3 is 0 Å². The number of halogens is 5. The molecule has 3 rings (SSSR count). The molecule has 1 fully saturated rings. The van der Waals surface area contributed by atoms with E-state index in [1.165, 1.54) is 24.3 Å². The van der Waals surface area contributed by atoms with Gasteiger partial charge in [-0.15, -0.1) is 0 Å². The van der Waals surface area contributed by atoms with E-state index >= 15 is 0 Å². The first-order chi connectivity index (χ1) is 13.5. The van der Waals surface area contributed by atoms with Gasteiger partial charge in [0.05, 0.1) is 5.02 Å². The molecule has 2 aromatic rings. The first-order valence-corrected chi connectivity index (χ1v) is 10.2. The summed E-state index contributed by atoms with van der Waals surface area (Å²) in [4.78, 5) is 25.1. The number of carbonyl (C=O) groups excluding carboxylic acids is 2. The lowest BCUT2D eigenvalue weighted by Crippen LogP contribution is -2.34. The summed E-state index contributed by atoms with van der Waals surface area (Å²) in [7, 11) is 0. The van der Waals surface area contributed by atoms with Crippen LogP contribution in [0.25, 0.3) is 0 Å². The molecule has 1 aliphatic carbocycles. The van der Waals surface area contributed by atoms with Crippen LogP contribution in [0.15, 0.2) is 30.3 Å². The Bertz CT molecular complexity index is 1030. The van der Waals surface area contributed by atoms with Crippen molar-refractivity contribution in [2.45, 2.75) is 29.5 Å². The molecule has 4 nitrogen and oxygen atoms in total. The van der Waals surface area contributed by atoms with Crippen LogP contribution in [0.5, 0.6) is 0 Å². The third kappa shape index (κ3) is 3.28. The first-order valence-electron chi connectivity index (χ1n) is 8.71. The number of nitrogens with one attached hydrogen (secondary N) is 1. The number of alkyl halides is 2. The fourth-order valence-corrected chi connectivity index (χ4v) is 5.26. The van der Waals surface area contributed by atoms with Crippen molar-refractivity contribution in [2.75, 3.05) is 6.54 Å². The second-order valence-corrected chi connectivity index (χ2v) is 9.09. The van der Waals surface area contributed by atoms with Crippen LogP contribution in [0.3, 0.4) is 0 Å². The molecule has 0 saturated heterocycles. The highest BCUT2D eigenvalue weighted by Crippen LogP contribution is 2.74. The summed E-state index contributed by atoms with van der Waals surface area (Å²) in [5, 5.41) is 2.82. The van der Waals surface area contributed by atoms with Crippen LogP contribution in [0.4, 0.5) is 4.39 Å². The molecule has 2 unspecified atom stereocenters. The highest BCUT2D eigenvalue weighted by atomic mass is 35.5. The summed E-state index contributed by atoms with van der Waals surface area (Å²) in [6.45, 7) is 3.88. The van der Waals surface area contributed by atoms with Crippen molar-refractivity contribution in [3.8, 4) is 0 Å². The van der Waals surface area contributed by atoms with Crippen molar-refractivity contribution in [1.82, 2.24) is 5.32 Å². The molecule has 1 aliphatic rings. The minimum Gasteiger partial charge on any atom is -0.369 e. The number of nitrogens with two attached hydrogens (primary N) is 1. The fraction of sp³-hybridized carbons (Fsp3) is 0.300. The number of hydrogen-bond acceptors (Lipinski definition) is 2. The lowest BCUT2D eigenvalue weighted by atomic mass is 9.87. The van der Waals surface area contributed by atoms with Crippen LogP contribution in [0.2, 0.25) is 10.0 Å². The lowest BCUT2D eigenvalue weighted by molar-refractivity contribution is -0.120. The van der Waals surface area contributed by atoms with E-state index < -0.39 is 27.4 Å². The second-order valence-electron chi connectivity index (χ2n) is 6.89. The van der Waals surface area contributed by atoms with Crippen LogP contribution < -0.4 is 11.1 Å². The van der Waals surface area contributed by atoms with E-state index in [4.69, 9.17) is 52.1 Å².